The van der Waals surface area contributed by atoms with Gasteiger partial charge in [0.2, 0.25) is 10.0 Å². The van der Waals surface area contributed by atoms with Gasteiger partial charge in [-0.25, -0.2) is 13.1 Å². The number of hydrogen-bond acceptors (Lipinski definition) is 4. The number of nitrogens with zero attached hydrogens (tertiary/aromatic N) is 1. The highest BCUT2D eigenvalue weighted by Crippen LogP contribution is 2.09. The second kappa shape index (κ2) is 4.96. The van der Waals surface area contributed by atoms with Crippen molar-refractivity contribution in [3.63, 3.8) is 0 Å². The number of sulfonamides is 1. The lowest BCUT2D eigenvalue weighted by Crippen LogP contribution is -2.31. The van der Waals surface area contributed by atoms with Gasteiger partial charge in [0.15, 0.2) is 5.25 Å². The van der Waals surface area contributed by atoms with Gasteiger partial charge < -0.3 is 5.11 Å². The van der Waals surface area contributed by atoms with Crippen LogP contribution in [0.15, 0.2) is 24.3 Å². The zero-order valence-corrected chi connectivity index (χ0v) is 9.53. The van der Waals surface area contributed by atoms with Gasteiger partial charge in [-0.05, 0) is 24.6 Å². The van der Waals surface area contributed by atoms with Crippen molar-refractivity contribution in [2.45, 2.75) is 18.7 Å². The third-order valence-corrected chi connectivity index (χ3v) is 3.64. The van der Waals surface area contributed by atoms with Crippen molar-refractivity contribution in [3.05, 3.63) is 29.8 Å². The number of benzene rings is 1. The molecule has 1 unspecified atom stereocenters. The number of nitrogens with one attached hydrogen (secondary N) is 1. The highest BCUT2D eigenvalue weighted by molar-refractivity contribution is 7.90. The Labute approximate surface area is 94.4 Å². The van der Waals surface area contributed by atoms with Gasteiger partial charge in [-0.1, -0.05) is 12.1 Å². The van der Waals surface area contributed by atoms with Crippen LogP contribution in [0, 0.1) is 11.3 Å². The molecule has 0 radical (unpaired) electrons. The lowest BCUT2D eigenvalue weighted by atomic mass is 10.2. The van der Waals surface area contributed by atoms with E-state index in [0.717, 1.165) is 0 Å². The number of rotatable bonds is 4. The molecule has 0 fully saturated rings. The monoisotopic (exact) mass is 240 g/mol. The molecular formula is C10H12N2O3S. The number of hydrogen-bond donors (Lipinski definition) is 2. The molecule has 0 bridgehead atoms. The highest BCUT2D eigenvalue weighted by atomic mass is 32.2. The Hall–Kier alpha value is -1.58. The van der Waals surface area contributed by atoms with E-state index in [1.807, 2.05) is 0 Å². The van der Waals surface area contributed by atoms with Gasteiger partial charge in [-0.15, -0.1) is 0 Å². The molecule has 16 heavy (non-hydrogen) atoms. The predicted molar refractivity (Wildman–Crippen MR) is 58.9 cm³/mol. The van der Waals surface area contributed by atoms with E-state index in [-0.39, 0.29) is 12.3 Å². The molecular weight excluding hydrogens is 228 g/mol. The Kier molecular flexibility index (Phi) is 3.88. The SMILES string of the molecule is CC(C#N)S(=O)(=O)NCc1ccc(O)cc1. The molecule has 1 aromatic carbocycles. The van der Waals surface area contributed by atoms with Crippen molar-refractivity contribution < 1.29 is 13.5 Å². The maximum absolute atomic E-state index is 11.4. The van der Waals surface area contributed by atoms with Gasteiger partial charge in [-0.2, -0.15) is 5.26 Å². The van der Waals surface area contributed by atoms with E-state index < -0.39 is 15.3 Å². The van der Waals surface area contributed by atoms with E-state index in [9.17, 15) is 8.42 Å². The van der Waals surface area contributed by atoms with Crippen LogP contribution in [-0.4, -0.2) is 18.8 Å². The fourth-order valence-electron chi connectivity index (χ4n) is 0.992. The molecule has 0 aliphatic carbocycles. The lowest BCUT2D eigenvalue weighted by Gasteiger charge is -2.07. The topological polar surface area (TPSA) is 90.2 Å². The van der Waals surface area contributed by atoms with Gasteiger partial charge in [0.05, 0.1) is 6.07 Å². The molecule has 6 heteroatoms. The largest absolute Gasteiger partial charge is 0.508 e. The molecule has 0 aromatic heterocycles. The molecule has 0 amide bonds. The van der Waals surface area contributed by atoms with Gasteiger partial charge in [0, 0.05) is 6.54 Å². The van der Waals surface area contributed by atoms with Crippen LogP contribution in [0.3, 0.4) is 0 Å². The minimum atomic E-state index is -3.59. The zero-order valence-electron chi connectivity index (χ0n) is 8.71. The highest BCUT2D eigenvalue weighted by Gasteiger charge is 2.19. The van der Waals surface area contributed by atoms with Crippen LogP contribution in [0.2, 0.25) is 0 Å². The smallest absolute Gasteiger partial charge is 0.227 e. The summed E-state index contributed by atoms with van der Waals surface area (Å²) in [5.41, 5.74) is 0.714. The summed E-state index contributed by atoms with van der Waals surface area (Å²) in [6.45, 7) is 1.42. The Morgan fingerprint density at radius 3 is 2.50 bits per heavy atom. The van der Waals surface area contributed by atoms with Gasteiger partial charge in [-0.3, -0.25) is 0 Å². The van der Waals surface area contributed by atoms with E-state index >= 15 is 0 Å². The van der Waals surface area contributed by atoms with E-state index in [0.29, 0.717) is 5.56 Å². The van der Waals surface area contributed by atoms with E-state index in [2.05, 4.69) is 4.72 Å². The summed E-state index contributed by atoms with van der Waals surface area (Å²) >= 11 is 0. The summed E-state index contributed by atoms with van der Waals surface area (Å²) in [7, 11) is -3.59. The molecule has 0 spiro atoms. The summed E-state index contributed by atoms with van der Waals surface area (Å²) < 4.78 is 25.2. The Balaban J connectivity index is 2.66. The van der Waals surface area contributed by atoms with Crippen LogP contribution in [0.5, 0.6) is 5.75 Å². The summed E-state index contributed by atoms with van der Waals surface area (Å²) in [5.74, 6) is 0.122. The lowest BCUT2D eigenvalue weighted by molar-refractivity contribution is 0.475. The third-order valence-electron chi connectivity index (χ3n) is 2.06. The van der Waals surface area contributed by atoms with E-state index in [1.165, 1.54) is 19.1 Å². The van der Waals surface area contributed by atoms with Gasteiger partial charge in [0.1, 0.15) is 5.75 Å². The fourth-order valence-corrected chi connectivity index (χ4v) is 1.75. The van der Waals surface area contributed by atoms with Crippen molar-refractivity contribution in [3.8, 4) is 11.8 Å². The van der Waals surface area contributed by atoms with Crippen molar-refractivity contribution in [1.82, 2.24) is 4.72 Å². The molecule has 1 atom stereocenters. The summed E-state index contributed by atoms with van der Waals surface area (Å²) in [6.07, 6.45) is 0. The first kappa shape index (κ1) is 12.5. The second-order valence-electron chi connectivity index (χ2n) is 3.30. The fraction of sp³-hybridized carbons (Fsp3) is 0.300. The van der Waals surface area contributed by atoms with Crippen LogP contribution in [-0.2, 0) is 16.6 Å². The summed E-state index contributed by atoms with van der Waals surface area (Å²) in [5, 5.41) is 16.5. The molecule has 1 aromatic rings. The first-order valence-electron chi connectivity index (χ1n) is 4.61. The average Bonchev–Trinajstić information content (AvgIpc) is 2.27. The number of phenols is 1. The first-order valence-corrected chi connectivity index (χ1v) is 6.16. The number of nitriles is 1. The van der Waals surface area contributed by atoms with Crippen molar-refractivity contribution in [2.75, 3.05) is 0 Å². The average molecular weight is 240 g/mol. The molecule has 2 N–H and O–H groups in total. The van der Waals surface area contributed by atoms with Crippen molar-refractivity contribution in [2.24, 2.45) is 0 Å². The molecule has 0 saturated heterocycles. The quantitative estimate of drug-likeness (QED) is 0.811. The molecule has 0 saturated carbocycles. The number of phenolic OH excluding ortho intramolecular Hbond substituents is 1. The molecule has 0 aliphatic heterocycles. The molecule has 1 rings (SSSR count). The van der Waals surface area contributed by atoms with Crippen LogP contribution >= 0.6 is 0 Å². The van der Waals surface area contributed by atoms with Crippen LogP contribution in [0.25, 0.3) is 0 Å². The van der Waals surface area contributed by atoms with Crippen molar-refractivity contribution in [1.29, 1.82) is 5.26 Å². The third kappa shape index (κ3) is 3.22. The zero-order chi connectivity index (χ0) is 12.2. The second-order valence-corrected chi connectivity index (χ2v) is 5.39. The maximum Gasteiger partial charge on any atom is 0.227 e. The minimum Gasteiger partial charge on any atom is -0.508 e. The Bertz CT molecular complexity index is 488. The van der Waals surface area contributed by atoms with E-state index in [4.69, 9.17) is 10.4 Å². The van der Waals surface area contributed by atoms with Crippen molar-refractivity contribution >= 4 is 10.0 Å². The predicted octanol–water partition coefficient (Wildman–Crippen LogP) is 0.724. The molecule has 5 nitrogen and oxygen atoms in total. The van der Waals surface area contributed by atoms with Crippen LogP contribution in [0.4, 0.5) is 0 Å². The Morgan fingerprint density at radius 1 is 1.44 bits per heavy atom. The standard InChI is InChI=1S/C10H12N2O3S/c1-8(6-11)16(14,15)12-7-9-2-4-10(13)5-3-9/h2-5,8,12-13H,7H2,1H3. The minimum absolute atomic E-state index is 0.106. The van der Waals surface area contributed by atoms with Gasteiger partial charge >= 0.3 is 0 Å². The molecule has 0 heterocycles. The number of aromatic hydroxyl groups is 1. The molecule has 86 valence electrons. The van der Waals surface area contributed by atoms with Crippen LogP contribution < -0.4 is 4.72 Å². The maximum atomic E-state index is 11.4. The summed E-state index contributed by atoms with van der Waals surface area (Å²) in [4.78, 5) is 0. The Morgan fingerprint density at radius 2 is 2.00 bits per heavy atom. The van der Waals surface area contributed by atoms with Crippen LogP contribution in [0.1, 0.15) is 12.5 Å². The normalized spacial score (nSPS) is 13.0. The summed E-state index contributed by atoms with van der Waals surface area (Å²) in [6, 6.07) is 7.81. The first-order chi connectivity index (χ1) is 7.45. The van der Waals surface area contributed by atoms with Gasteiger partial charge in [0.25, 0.3) is 0 Å². The van der Waals surface area contributed by atoms with E-state index in [1.54, 1.807) is 18.2 Å². The molecule has 0 aliphatic rings.